The van der Waals surface area contributed by atoms with Gasteiger partial charge in [-0.1, -0.05) is 54.6 Å². The molecule has 110 valence electrons. The van der Waals surface area contributed by atoms with Gasteiger partial charge in [-0.3, -0.25) is 0 Å². The van der Waals surface area contributed by atoms with Crippen LogP contribution < -0.4 is 9.83 Å². The van der Waals surface area contributed by atoms with E-state index in [9.17, 15) is 9.46 Å². The zero-order chi connectivity index (χ0) is 15.2. The molecule has 1 aliphatic rings. The Morgan fingerprint density at radius 1 is 0.783 bits per heavy atom. The minimum atomic E-state index is -3.80. The normalized spacial score (nSPS) is 18.1. The van der Waals surface area contributed by atoms with E-state index in [1.807, 2.05) is 54.6 Å². The Kier molecular flexibility index (Phi) is 4.95. The molecular formula is C18H14KO3P. The summed E-state index contributed by atoms with van der Waals surface area (Å²) in [6.07, 6.45) is 0. The Morgan fingerprint density at radius 3 is 2.26 bits per heavy atom. The molecule has 0 aliphatic carbocycles. The van der Waals surface area contributed by atoms with E-state index in [0.717, 1.165) is 22.3 Å². The van der Waals surface area contributed by atoms with E-state index in [0.29, 0.717) is 11.1 Å². The summed E-state index contributed by atoms with van der Waals surface area (Å²) in [4.78, 5) is 10.1. The Morgan fingerprint density at radius 2 is 1.48 bits per heavy atom. The fourth-order valence-corrected chi connectivity index (χ4v) is 4.06. The van der Waals surface area contributed by atoms with E-state index >= 15 is 0 Å². The first-order valence-electron chi connectivity index (χ1n) is 6.97. The van der Waals surface area contributed by atoms with Crippen LogP contribution in [0.1, 0.15) is 0 Å². The van der Waals surface area contributed by atoms with Gasteiger partial charge in [-0.05, 0) is 29.3 Å². The van der Waals surface area contributed by atoms with Crippen molar-refractivity contribution in [3.63, 3.8) is 0 Å². The van der Waals surface area contributed by atoms with Gasteiger partial charge < -0.3 is 9.42 Å². The molecule has 1 heterocycles. The van der Waals surface area contributed by atoms with Crippen molar-refractivity contribution in [1.29, 1.82) is 0 Å². The molecule has 4 rings (SSSR count). The summed E-state index contributed by atoms with van der Waals surface area (Å²) in [6.45, 7) is 0. The predicted octanol–water partition coefficient (Wildman–Crippen LogP) is 3.58. The molecule has 1 unspecified atom stereocenters. The molecule has 1 aliphatic heterocycles. The van der Waals surface area contributed by atoms with Crippen LogP contribution >= 0.6 is 7.60 Å². The quantitative estimate of drug-likeness (QED) is 0.540. The van der Waals surface area contributed by atoms with E-state index in [-0.39, 0.29) is 51.4 Å². The fraction of sp³-hybridized carbons (Fsp3) is 0. The van der Waals surface area contributed by atoms with E-state index in [1.165, 1.54) is 0 Å². The van der Waals surface area contributed by atoms with Gasteiger partial charge in [-0.25, -0.2) is 4.57 Å². The van der Waals surface area contributed by atoms with E-state index in [4.69, 9.17) is 4.52 Å². The summed E-state index contributed by atoms with van der Waals surface area (Å²) < 4.78 is 17.7. The second kappa shape index (κ2) is 6.65. The monoisotopic (exact) mass is 348 g/mol. The number of rotatable bonds is 1. The molecular weight excluding hydrogens is 334 g/mol. The van der Waals surface area contributed by atoms with Gasteiger partial charge in [0.15, 0.2) is 0 Å². The number of hydrogen-bond acceptors (Lipinski definition) is 2. The third kappa shape index (κ3) is 3.13. The molecule has 5 heteroatoms. The molecule has 0 radical (unpaired) electrons. The molecule has 0 bridgehead atoms. The summed E-state index contributed by atoms with van der Waals surface area (Å²) in [5, 5.41) is 0.354. The number of benzene rings is 3. The van der Waals surface area contributed by atoms with Gasteiger partial charge in [0.05, 0.1) is 5.30 Å². The standard InChI is InChI=1S/C18H13O3P.K.H/c19-22(20)18-9-5-4-8-15(18)16-12-14(10-11-17(16)21-22)13-6-2-1-3-7-13;;/h1-12H,(H,19,20);;. The first-order valence-corrected chi connectivity index (χ1v) is 8.55. The Bertz CT molecular complexity index is 909. The number of fused-ring (bicyclic) bond motifs is 3. The minimum absolute atomic E-state index is 0. The van der Waals surface area contributed by atoms with Gasteiger partial charge >= 0.3 is 59.0 Å². The summed E-state index contributed by atoms with van der Waals surface area (Å²) in [5.74, 6) is 0.448. The molecule has 0 aromatic heterocycles. The van der Waals surface area contributed by atoms with Crippen LogP contribution in [0.15, 0.2) is 72.8 Å². The summed E-state index contributed by atoms with van der Waals surface area (Å²) in [7, 11) is -3.80. The van der Waals surface area contributed by atoms with Crippen molar-refractivity contribution in [3.8, 4) is 28.0 Å². The van der Waals surface area contributed by atoms with Crippen LogP contribution in [0, 0.1) is 0 Å². The Balaban J connectivity index is 0.00000156. The molecule has 0 saturated carbocycles. The molecule has 1 atom stereocenters. The van der Waals surface area contributed by atoms with Crippen molar-refractivity contribution in [2.24, 2.45) is 0 Å². The summed E-state index contributed by atoms with van der Waals surface area (Å²) in [6, 6.07) is 22.8. The van der Waals surface area contributed by atoms with Crippen molar-refractivity contribution in [3.05, 3.63) is 72.8 Å². The summed E-state index contributed by atoms with van der Waals surface area (Å²) >= 11 is 0. The van der Waals surface area contributed by atoms with E-state index in [1.54, 1.807) is 18.2 Å². The van der Waals surface area contributed by atoms with Gasteiger partial charge in [-0.15, -0.1) is 0 Å². The van der Waals surface area contributed by atoms with Crippen molar-refractivity contribution in [1.82, 2.24) is 0 Å². The maximum atomic E-state index is 12.3. The maximum absolute atomic E-state index is 12.3. The first-order chi connectivity index (χ1) is 10.6. The second-order valence-corrected chi connectivity index (χ2v) is 6.91. The van der Waals surface area contributed by atoms with E-state index < -0.39 is 7.60 Å². The SMILES string of the molecule is O=P1(O)Oc2ccc(-c3ccccc3)cc2-c2ccccc21.[KH]. The first kappa shape index (κ1) is 17.1. The molecule has 0 saturated heterocycles. The molecule has 0 amide bonds. The fourth-order valence-electron chi connectivity index (χ4n) is 2.76. The van der Waals surface area contributed by atoms with Crippen molar-refractivity contribution >= 4 is 64.3 Å². The van der Waals surface area contributed by atoms with Crippen molar-refractivity contribution < 1.29 is 14.0 Å². The zero-order valence-electron chi connectivity index (χ0n) is 11.6. The molecule has 0 spiro atoms. The Labute approximate surface area is 177 Å². The van der Waals surface area contributed by atoms with Gasteiger partial charge in [0.1, 0.15) is 5.75 Å². The van der Waals surface area contributed by atoms with Crippen molar-refractivity contribution in [2.75, 3.05) is 0 Å². The van der Waals surface area contributed by atoms with E-state index in [2.05, 4.69) is 0 Å². The third-order valence-corrected chi connectivity index (χ3v) is 5.25. The molecule has 0 fully saturated rings. The molecule has 1 N–H and O–H groups in total. The average Bonchev–Trinajstić information content (AvgIpc) is 2.55. The second-order valence-electron chi connectivity index (χ2n) is 5.21. The van der Waals surface area contributed by atoms with Crippen LogP contribution in [0.2, 0.25) is 0 Å². The third-order valence-electron chi connectivity index (χ3n) is 3.81. The van der Waals surface area contributed by atoms with Crippen LogP contribution in [0.3, 0.4) is 0 Å². The Hall–Kier alpha value is -0.714. The predicted molar refractivity (Wildman–Crippen MR) is 94.6 cm³/mol. The molecule has 3 aromatic carbocycles. The van der Waals surface area contributed by atoms with Crippen LogP contribution in [0.5, 0.6) is 5.75 Å². The van der Waals surface area contributed by atoms with Gasteiger partial charge in [0, 0.05) is 11.1 Å². The summed E-state index contributed by atoms with van der Waals surface area (Å²) in [5.41, 5.74) is 3.75. The molecule has 3 nitrogen and oxygen atoms in total. The molecule has 23 heavy (non-hydrogen) atoms. The number of hydrogen-bond donors (Lipinski definition) is 1. The van der Waals surface area contributed by atoms with Crippen LogP contribution in [-0.2, 0) is 4.57 Å². The van der Waals surface area contributed by atoms with Crippen LogP contribution in [0.25, 0.3) is 22.3 Å². The average molecular weight is 348 g/mol. The van der Waals surface area contributed by atoms with Crippen molar-refractivity contribution in [2.45, 2.75) is 0 Å². The van der Waals surface area contributed by atoms with Gasteiger partial charge in [-0.2, -0.15) is 0 Å². The zero-order valence-corrected chi connectivity index (χ0v) is 12.5. The van der Waals surface area contributed by atoms with Gasteiger partial charge in [0.25, 0.3) is 0 Å². The van der Waals surface area contributed by atoms with Crippen LogP contribution in [0.4, 0.5) is 0 Å². The van der Waals surface area contributed by atoms with Gasteiger partial charge in [0.2, 0.25) is 0 Å². The molecule has 3 aromatic rings. The topological polar surface area (TPSA) is 46.5 Å². The van der Waals surface area contributed by atoms with Crippen LogP contribution in [-0.4, -0.2) is 56.3 Å².